The molecule has 4 rings (SSSR count). The SMILES string of the molecule is COC[C@H]1Cn2c(C)cc3c(-c4ccc(Cl)cc4)c([C@H](OC(C)(C)C)C(=O)O)c(C)c(c32)N1OOSC. The van der Waals surface area contributed by atoms with Crippen LogP contribution in [0.25, 0.3) is 22.0 Å². The van der Waals surface area contributed by atoms with E-state index >= 15 is 0 Å². The van der Waals surface area contributed by atoms with Gasteiger partial charge in [-0.1, -0.05) is 28.7 Å². The number of hydrogen-bond donors (Lipinski definition) is 1. The van der Waals surface area contributed by atoms with Crippen molar-refractivity contribution in [2.24, 2.45) is 0 Å². The zero-order chi connectivity index (χ0) is 27.1. The van der Waals surface area contributed by atoms with E-state index in [4.69, 9.17) is 30.4 Å². The highest BCUT2D eigenvalue weighted by Gasteiger charge is 2.39. The monoisotopic (exact) mass is 548 g/mol. The van der Waals surface area contributed by atoms with Gasteiger partial charge in [-0.3, -0.25) is 0 Å². The summed E-state index contributed by atoms with van der Waals surface area (Å²) in [5.74, 6) is -1.08. The first-order chi connectivity index (χ1) is 17.5. The lowest BCUT2D eigenvalue weighted by Crippen LogP contribution is -2.45. The van der Waals surface area contributed by atoms with Crippen molar-refractivity contribution < 1.29 is 28.7 Å². The first-order valence-corrected chi connectivity index (χ1v) is 13.5. The Kier molecular flexibility index (Phi) is 8.13. The molecule has 3 aromatic rings. The minimum Gasteiger partial charge on any atom is -0.479 e. The Morgan fingerprint density at radius 2 is 1.92 bits per heavy atom. The number of hydrogen-bond acceptors (Lipinski definition) is 7. The lowest BCUT2D eigenvalue weighted by molar-refractivity contribution is -0.214. The van der Waals surface area contributed by atoms with Gasteiger partial charge in [0.2, 0.25) is 0 Å². The van der Waals surface area contributed by atoms with Crippen molar-refractivity contribution >= 4 is 46.2 Å². The van der Waals surface area contributed by atoms with Crippen LogP contribution in [-0.2, 0) is 30.1 Å². The molecular formula is C27H33ClN2O6S. The fourth-order valence-electron chi connectivity index (χ4n) is 5.05. The van der Waals surface area contributed by atoms with Crippen molar-refractivity contribution in [3.05, 3.63) is 52.2 Å². The number of carboxylic acids is 1. The molecule has 0 radical (unpaired) electrons. The number of benzene rings is 2. The Bertz CT molecular complexity index is 1300. The van der Waals surface area contributed by atoms with Gasteiger partial charge < -0.3 is 19.1 Å². The van der Waals surface area contributed by atoms with Crippen LogP contribution in [0.2, 0.25) is 5.02 Å². The number of methoxy groups -OCH3 is 1. The van der Waals surface area contributed by atoms with Gasteiger partial charge in [0.1, 0.15) is 6.04 Å². The number of hydroxylamine groups is 1. The fraction of sp³-hybridized carbons (Fsp3) is 0.444. The van der Waals surface area contributed by atoms with E-state index in [1.165, 1.54) is 0 Å². The van der Waals surface area contributed by atoms with Crippen LogP contribution in [0.3, 0.4) is 0 Å². The molecule has 1 aliphatic rings. The quantitative estimate of drug-likeness (QED) is 0.184. The molecule has 2 heterocycles. The summed E-state index contributed by atoms with van der Waals surface area (Å²) in [5.41, 5.74) is 4.90. The van der Waals surface area contributed by atoms with Gasteiger partial charge in [0.15, 0.2) is 6.10 Å². The number of rotatable bonds is 9. The van der Waals surface area contributed by atoms with Crippen LogP contribution >= 0.6 is 23.6 Å². The highest BCUT2D eigenvalue weighted by molar-refractivity contribution is 7.93. The fourth-order valence-corrected chi connectivity index (χ4v) is 5.30. The second kappa shape index (κ2) is 10.8. The van der Waals surface area contributed by atoms with Crippen molar-refractivity contribution in [3.63, 3.8) is 0 Å². The molecule has 1 aliphatic heterocycles. The molecule has 0 amide bonds. The maximum atomic E-state index is 12.8. The largest absolute Gasteiger partial charge is 0.479 e. The van der Waals surface area contributed by atoms with Crippen LogP contribution in [0.4, 0.5) is 5.69 Å². The maximum absolute atomic E-state index is 12.8. The summed E-state index contributed by atoms with van der Waals surface area (Å²) in [4.78, 5) is 18.6. The zero-order valence-corrected chi connectivity index (χ0v) is 23.7. The Hall–Kier alpha value is -2.27. The molecule has 0 saturated carbocycles. The lowest BCUT2D eigenvalue weighted by Gasteiger charge is -2.38. The minimum atomic E-state index is -1.24. The molecule has 8 nitrogen and oxygen atoms in total. The van der Waals surface area contributed by atoms with Crippen molar-refractivity contribution in [3.8, 4) is 11.1 Å². The molecule has 200 valence electrons. The Labute approximate surface area is 226 Å². The van der Waals surface area contributed by atoms with Crippen molar-refractivity contribution in [2.75, 3.05) is 25.0 Å². The van der Waals surface area contributed by atoms with Crippen LogP contribution in [0.15, 0.2) is 30.3 Å². The van der Waals surface area contributed by atoms with Gasteiger partial charge in [-0.25, -0.2) is 9.86 Å². The van der Waals surface area contributed by atoms with Gasteiger partial charge in [0, 0.05) is 53.6 Å². The number of aliphatic carboxylic acids is 1. The third-order valence-corrected chi connectivity index (χ3v) is 6.85. The average molecular weight is 549 g/mol. The van der Waals surface area contributed by atoms with E-state index in [1.54, 1.807) is 18.4 Å². The van der Waals surface area contributed by atoms with Crippen molar-refractivity contribution in [2.45, 2.75) is 58.9 Å². The first kappa shape index (κ1) is 27.8. The molecule has 2 aromatic carbocycles. The van der Waals surface area contributed by atoms with Gasteiger partial charge in [0.05, 0.1) is 23.4 Å². The Morgan fingerprint density at radius 1 is 1.24 bits per heavy atom. The molecule has 0 spiro atoms. The van der Waals surface area contributed by atoms with Gasteiger partial charge in [-0.05, 0) is 69.5 Å². The molecule has 1 aromatic heterocycles. The summed E-state index contributed by atoms with van der Waals surface area (Å²) in [7, 11) is 1.64. The number of nitrogens with zero attached hydrogens (tertiary/aromatic N) is 2. The standard InChI is InChI=1S/C27H33ClN2O6S/c1-15-12-20-22(17-8-10-18(28)11-9-17)21(25(26(31)32)34-27(3,4)5)16(2)23-24(20)29(15)13-19(14-33-6)30(23)35-36-37-7/h8-12,19,25H,13-14H2,1-7H3,(H,31,32)/t19-,25+/m1/s1. The number of aromatic nitrogens is 1. The molecule has 2 atom stereocenters. The van der Waals surface area contributed by atoms with Crippen LogP contribution in [0.5, 0.6) is 0 Å². The topological polar surface area (TPSA) is 82.4 Å². The number of ether oxygens (including phenoxy) is 2. The van der Waals surface area contributed by atoms with E-state index in [0.29, 0.717) is 23.7 Å². The number of carbonyl (C=O) groups is 1. The Morgan fingerprint density at radius 3 is 2.49 bits per heavy atom. The highest BCUT2D eigenvalue weighted by Crippen LogP contribution is 2.49. The maximum Gasteiger partial charge on any atom is 0.337 e. The summed E-state index contributed by atoms with van der Waals surface area (Å²) in [6, 6.07) is 9.31. The predicted octanol–water partition coefficient (Wildman–Crippen LogP) is 6.50. The van der Waals surface area contributed by atoms with Gasteiger partial charge in [-0.2, -0.15) is 0 Å². The lowest BCUT2D eigenvalue weighted by atomic mass is 9.87. The van der Waals surface area contributed by atoms with Gasteiger partial charge in [-0.15, -0.1) is 4.33 Å². The van der Waals surface area contributed by atoms with Gasteiger partial charge in [0.25, 0.3) is 0 Å². The third-order valence-electron chi connectivity index (χ3n) is 6.40. The molecule has 37 heavy (non-hydrogen) atoms. The molecular weight excluding hydrogens is 516 g/mol. The van der Waals surface area contributed by atoms with Crippen LogP contribution in [0.1, 0.15) is 43.7 Å². The number of halogens is 1. The summed E-state index contributed by atoms with van der Waals surface area (Å²) in [5, 5.41) is 13.6. The van der Waals surface area contributed by atoms with Crippen LogP contribution < -0.4 is 5.06 Å². The summed E-state index contributed by atoms with van der Waals surface area (Å²) in [6.07, 6.45) is 0.526. The second-order valence-electron chi connectivity index (χ2n) is 10.1. The highest BCUT2D eigenvalue weighted by atomic mass is 35.5. The molecule has 0 aliphatic carbocycles. The minimum absolute atomic E-state index is 0.210. The molecule has 0 unspecified atom stereocenters. The van der Waals surface area contributed by atoms with E-state index in [1.807, 2.05) is 58.9 Å². The predicted molar refractivity (Wildman–Crippen MR) is 147 cm³/mol. The number of carboxylic acid groups (broad SMARTS) is 1. The molecule has 1 N–H and O–H groups in total. The zero-order valence-electron chi connectivity index (χ0n) is 22.1. The Balaban J connectivity index is 2.13. The molecule has 10 heteroatoms. The van der Waals surface area contributed by atoms with E-state index in [0.717, 1.165) is 51.0 Å². The summed E-state index contributed by atoms with van der Waals surface area (Å²) in [6.45, 7) is 10.5. The van der Waals surface area contributed by atoms with E-state index < -0.39 is 17.7 Å². The molecule has 0 saturated heterocycles. The van der Waals surface area contributed by atoms with Crippen LogP contribution in [0, 0.1) is 13.8 Å². The van der Waals surface area contributed by atoms with Crippen molar-refractivity contribution in [1.82, 2.24) is 4.57 Å². The number of aryl methyl sites for hydroxylation is 1. The van der Waals surface area contributed by atoms with E-state index in [2.05, 4.69) is 10.6 Å². The smallest absolute Gasteiger partial charge is 0.337 e. The summed E-state index contributed by atoms with van der Waals surface area (Å²) < 4.78 is 19.3. The van der Waals surface area contributed by atoms with E-state index in [-0.39, 0.29) is 6.04 Å². The second-order valence-corrected chi connectivity index (χ2v) is 11.0. The third kappa shape index (κ3) is 5.34. The molecule has 0 fully saturated rings. The summed E-state index contributed by atoms with van der Waals surface area (Å²) >= 11 is 7.29. The normalized spacial score (nSPS) is 16.4. The first-order valence-electron chi connectivity index (χ1n) is 12.0. The van der Waals surface area contributed by atoms with E-state index in [9.17, 15) is 9.90 Å². The number of anilines is 1. The van der Waals surface area contributed by atoms with Crippen molar-refractivity contribution in [1.29, 1.82) is 0 Å². The molecule has 0 bridgehead atoms. The average Bonchev–Trinajstić information content (AvgIpc) is 3.15. The van der Waals surface area contributed by atoms with Crippen LogP contribution in [-0.4, -0.2) is 47.3 Å². The van der Waals surface area contributed by atoms with Gasteiger partial charge >= 0.3 is 5.97 Å².